The molecule has 0 fully saturated rings. The first-order valence-electron chi connectivity index (χ1n) is 8.30. The summed E-state index contributed by atoms with van der Waals surface area (Å²) in [7, 11) is 1.62. The Morgan fingerprint density at radius 3 is 2.80 bits per heavy atom. The van der Waals surface area contributed by atoms with Gasteiger partial charge in [-0.05, 0) is 42.7 Å². The van der Waals surface area contributed by atoms with Gasteiger partial charge in [-0.2, -0.15) is 5.26 Å². The van der Waals surface area contributed by atoms with Crippen LogP contribution in [0, 0.1) is 11.3 Å². The van der Waals surface area contributed by atoms with Crippen LogP contribution >= 0.6 is 11.6 Å². The van der Waals surface area contributed by atoms with Crippen LogP contribution in [0.5, 0.6) is 5.75 Å². The number of halogens is 1. The minimum Gasteiger partial charge on any atom is -0.495 e. The van der Waals surface area contributed by atoms with Crippen LogP contribution in [0.1, 0.15) is 43.3 Å². The van der Waals surface area contributed by atoms with Gasteiger partial charge in [-0.15, -0.1) is 0 Å². The summed E-state index contributed by atoms with van der Waals surface area (Å²) < 4.78 is 7.58. The van der Waals surface area contributed by atoms with Gasteiger partial charge < -0.3 is 9.30 Å². The highest BCUT2D eigenvalue weighted by Crippen LogP contribution is 2.34. The van der Waals surface area contributed by atoms with Crippen molar-refractivity contribution in [2.45, 2.75) is 32.7 Å². The third-order valence-electron chi connectivity index (χ3n) is 4.57. The van der Waals surface area contributed by atoms with Gasteiger partial charge in [-0.25, -0.2) is 4.98 Å². The number of nitriles is 1. The zero-order valence-corrected chi connectivity index (χ0v) is 15.3. The normalized spacial score (nSPS) is 12.1. The number of hydrogen-bond acceptors (Lipinski definition) is 3. The molecule has 128 valence electrons. The fourth-order valence-electron chi connectivity index (χ4n) is 3.03. The molecule has 2 aromatic heterocycles. The van der Waals surface area contributed by atoms with Crippen LogP contribution in [0.2, 0.25) is 5.02 Å². The topological polar surface area (TPSA) is 50.8 Å². The van der Waals surface area contributed by atoms with Crippen LogP contribution in [0.15, 0.2) is 36.4 Å². The molecule has 0 bridgehead atoms. The molecule has 0 N–H and O–H groups in total. The zero-order chi connectivity index (χ0) is 18.0. The summed E-state index contributed by atoms with van der Waals surface area (Å²) in [5.74, 6) is 1.07. The number of ether oxygens (including phenoxy) is 1. The van der Waals surface area contributed by atoms with Crippen molar-refractivity contribution >= 4 is 22.5 Å². The maximum atomic E-state index is 9.08. The first-order chi connectivity index (χ1) is 12.1. The predicted octanol–water partition coefficient (Wildman–Crippen LogP) is 5.13. The number of pyridine rings is 1. The van der Waals surface area contributed by atoms with Gasteiger partial charge in [0.2, 0.25) is 0 Å². The number of benzene rings is 1. The Hall–Kier alpha value is -2.51. The first kappa shape index (κ1) is 17.3. The Bertz CT molecular complexity index is 955. The lowest BCUT2D eigenvalue weighted by molar-refractivity contribution is 0.415. The summed E-state index contributed by atoms with van der Waals surface area (Å²) in [6, 6.07) is 13.7. The number of nitrogens with zero attached hydrogens (tertiary/aromatic N) is 3. The summed E-state index contributed by atoms with van der Waals surface area (Å²) in [5.41, 5.74) is 3.56. The van der Waals surface area contributed by atoms with Crippen molar-refractivity contribution in [3.05, 3.63) is 58.5 Å². The van der Waals surface area contributed by atoms with Crippen LogP contribution in [0.4, 0.5) is 0 Å². The van der Waals surface area contributed by atoms with Crippen LogP contribution in [0.25, 0.3) is 10.9 Å². The Balaban J connectivity index is 2.16. The van der Waals surface area contributed by atoms with Gasteiger partial charge in [0, 0.05) is 11.1 Å². The molecule has 3 aromatic rings. The molecule has 0 aliphatic heterocycles. The van der Waals surface area contributed by atoms with Crippen molar-refractivity contribution in [3.8, 4) is 11.8 Å². The van der Waals surface area contributed by atoms with Gasteiger partial charge in [0.15, 0.2) is 0 Å². The minimum atomic E-state index is 0.399. The van der Waals surface area contributed by atoms with E-state index in [4.69, 9.17) is 21.6 Å². The highest BCUT2D eigenvalue weighted by molar-refractivity contribution is 6.32. The van der Waals surface area contributed by atoms with Gasteiger partial charge in [0.25, 0.3) is 0 Å². The lowest BCUT2D eigenvalue weighted by atomic mass is 10.0. The lowest BCUT2D eigenvalue weighted by Gasteiger charge is -2.15. The predicted molar refractivity (Wildman–Crippen MR) is 100 cm³/mol. The summed E-state index contributed by atoms with van der Waals surface area (Å²) in [6.07, 6.45) is 1.03. The number of fused-ring (bicyclic) bond motifs is 1. The first-order valence-corrected chi connectivity index (χ1v) is 8.67. The van der Waals surface area contributed by atoms with E-state index >= 15 is 0 Å². The second-order valence-electron chi connectivity index (χ2n) is 6.14. The Labute approximate surface area is 152 Å². The Kier molecular flexibility index (Phi) is 4.96. The molecule has 1 aromatic carbocycles. The van der Waals surface area contributed by atoms with Gasteiger partial charge in [-0.1, -0.05) is 31.5 Å². The molecule has 0 radical (unpaired) electrons. The summed E-state index contributed by atoms with van der Waals surface area (Å²) in [4.78, 5) is 4.42. The van der Waals surface area contributed by atoms with E-state index in [1.807, 2.05) is 24.3 Å². The number of methoxy groups -OCH3 is 1. The molecule has 0 aliphatic carbocycles. The molecule has 25 heavy (non-hydrogen) atoms. The van der Waals surface area contributed by atoms with E-state index in [0.717, 1.165) is 23.0 Å². The number of hydrogen-bond donors (Lipinski definition) is 0. The molecule has 4 nitrogen and oxygen atoms in total. The van der Waals surface area contributed by atoms with E-state index < -0.39 is 0 Å². The van der Waals surface area contributed by atoms with Gasteiger partial charge in [0.05, 0.1) is 29.9 Å². The highest BCUT2D eigenvalue weighted by atomic mass is 35.5. The smallest absolute Gasteiger partial charge is 0.140 e. The van der Waals surface area contributed by atoms with Crippen LogP contribution in [0.3, 0.4) is 0 Å². The third-order valence-corrected chi connectivity index (χ3v) is 4.86. The molecule has 0 saturated carbocycles. The molecule has 0 spiro atoms. The molecule has 2 heterocycles. The monoisotopic (exact) mass is 353 g/mol. The highest BCUT2D eigenvalue weighted by Gasteiger charge is 2.16. The molecule has 5 heteroatoms. The minimum absolute atomic E-state index is 0.399. The molecule has 1 atom stereocenters. The summed E-state index contributed by atoms with van der Waals surface area (Å²) in [6.45, 7) is 4.98. The van der Waals surface area contributed by atoms with Gasteiger partial charge in [0.1, 0.15) is 17.5 Å². The molecular formula is C20H20ClN3O. The fraction of sp³-hybridized carbons (Fsp3) is 0.300. The van der Waals surface area contributed by atoms with Crippen molar-refractivity contribution in [3.63, 3.8) is 0 Å². The van der Waals surface area contributed by atoms with Crippen molar-refractivity contribution in [1.29, 1.82) is 5.26 Å². The molecule has 1 unspecified atom stereocenters. The fourth-order valence-corrected chi connectivity index (χ4v) is 3.26. The van der Waals surface area contributed by atoms with E-state index in [2.05, 4.69) is 35.5 Å². The van der Waals surface area contributed by atoms with E-state index in [1.165, 1.54) is 5.69 Å². The average Bonchev–Trinajstić information content (AvgIpc) is 2.98. The molecule has 3 rings (SSSR count). The van der Waals surface area contributed by atoms with Crippen LogP contribution < -0.4 is 4.74 Å². The molecule has 0 aliphatic rings. The Morgan fingerprint density at radius 2 is 2.12 bits per heavy atom. The van der Waals surface area contributed by atoms with Crippen molar-refractivity contribution in [2.24, 2.45) is 0 Å². The number of aromatic nitrogens is 2. The summed E-state index contributed by atoms with van der Waals surface area (Å²) >= 11 is 6.35. The molecule has 0 amide bonds. The summed E-state index contributed by atoms with van der Waals surface area (Å²) in [5, 5.41) is 10.8. The van der Waals surface area contributed by atoms with Crippen molar-refractivity contribution < 1.29 is 4.74 Å². The third kappa shape index (κ3) is 3.33. The quantitative estimate of drug-likeness (QED) is 0.638. The SMILES string of the molecule is CCC(C)c1cc2cc(OC)c(Cl)cc2n1Cc1cccc(C#N)n1. The van der Waals surface area contributed by atoms with E-state index in [-0.39, 0.29) is 0 Å². The maximum Gasteiger partial charge on any atom is 0.140 e. The Morgan fingerprint density at radius 1 is 1.32 bits per heavy atom. The average molecular weight is 354 g/mol. The zero-order valence-electron chi connectivity index (χ0n) is 14.6. The second-order valence-corrected chi connectivity index (χ2v) is 6.54. The largest absolute Gasteiger partial charge is 0.495 e. The number of rotatable bonds is 5. The van der Waals surface area contributed by atoms with Crippen molar-refractivity contribution in [1.82, 2.24) is 9.55 Å². The van der Waals surface area contributed by atoms with E-state index in [0.29, 0.717) is 28.9 Å². The standard InChI is InChI=1S/C20H20ClN3O/c1-4-13(2)18-8-14-9-20(25-3)17(21)10-19(14)24(18)12-16-7-5-6-15(11-22)23-16/h5-10,13H,4,12H2,1-3H3. The lowest BCUT2D eigenvalue weighted by Crippen LogP contribution is -2.08. The van der Waals surface area contributed by atoms with E-state index in [9.17, 15) is 0 Å². The van der Waals surface area contributed by atoms with Crippen molar-refractivity contribution in [2.75, 3.05) is 7.11 Å². The maximum absolute atomic E-state index is 9.08. The van der Waals surface area contributed by atoms with Crippen LogP contribution in [-0.2, 0) is 6.54 Å². The molecule has 0 saturated heterocycles. The van der Waals surface area contributed by atoms with Crippen LogP contribution in [-0.4, -0.2) is 16.7 Å². The van der Waals surface area contributed by atoms with E-state index in [1.54, 1.807) is 13.2 Å². The van der Waals surface area contributed by atoms with Gasteiger partial charge >= 0.3 is 0 Å². The molecular weight excluding hydrogens is 334 g/mol. The second kappa shape index (κ2) is 7.16. The van der Waals surface area contributed by atoms with Gasteiger partial charge in [-0.3, -0.25) is 0 Å².